The molecule has 1 N–H and O–H groups in total. The van der Waals surface area contributed by atoms with E-state index in [2.05, 4.69) is 0 Å². The smallest absolute Gasteiger partial charge is 0.303 e. The van der Waals surface area contributed by atoms with Crippen molar-refractivity contribution in [2.75, 3.05) is 6.61 Å². The Bertz CT molecular complexity index is 499. The van der Waals surface area contributed by atoms with Crippen LogP contribution < -0.4 is 0 Å². The normalized spacial score (nSPS) is 30.0. The molecule has 0 radical (unpaired) electrons. The molecule has 10 heteroatoms. The number of esters is 2. The van der Waals surface area contributed by atoms with Gasteiger partial charge >= 0.3 is 11.9 Å². The Hall–Kier alpha value is -0.786. The summed E-state index contributed by atoms with van der Waals surface area (Å²) in [6.45, 7) is 14.5. The van der Waals surface area contributed by atoms with Crippen LogP contribution in [0.4, 0.5) is 0 Å². The summed E-state index contributed by atoms with van der Waals surface area (Å²) in [5.74, 6) is -1.01. The van der Waals surface area contributed by atoms with Gasteiger partial charge in [0.2, 0.25) is 0 Å². The van der Waals surface area contributed by atoms with Crippen molar-refractivity contribution in [1.82, 2.24) is 0 Å². The molecule has 0 aromatic carbocycles. The maximum Gasteiger partial charge on any atom is 0.303 e. The Kier molecular flexibility index (Phi) is 7.99. The predicted molar refractivity (Wildman–Crippen MR) is 99.5 cm³/mol. The lowest BCUT2D eigenvalue weighted by Gasteiger charge is -2.47. The molecule has 0 aliphatic carbocycles. The first kappa shape index (κ1) is 23.3. The quantitative estimate of drug-likeness (QED) is 0.501. The van der Waals surface area contributed by atoms with Crippen LogP contribution in [0.2, 0.25) is 39.3 Å². The van der Waals surface area contributed by atoms with E-state index in [-0.39, 0.29) is 6.61 Å². The average molecular weight is 409 g/mol. The second-order valence-electron chi connectivity index (χ2n) is 8.33. The molecule has 0 bridgehead atoms. The van der Waals surface area contributed by atoms with E-state index in [0.29, 0.717) is 0 Å². The van der Waals surface area contributed by atoms with Gasteiger partial charge in [-0.05, 0) is 39.3 Å². The van der Waals surface area contributed by atoms with Crippen LogP contribution in [-0.4, -0.2) is 71.0 Å². The van der Waals surface area contributed by atoms with Gasteiger partial charge in [0.1, 0.15) is 24.9 Å². The third-order valence-electron chi connectivity index (χ3n) is 3.34. The molecule has 0 amide bonds. The van der Waals surface area contributed by atoms with E-state index in [9.17, 15) is 14.7 Å². The monoisotopic (exact) mass is 408 g/mol. The standard InChI is InChI=1S/C16H32O8Si2/c1-10(17)20-9-12-13(23-25(3,4)5)14(24-26(6,7)8)15(16(19)22-12)21-11(2)18/h12-16,19H,9H2,1-8H3/t12-,13+,14+,15-,16?/m1/s1. The van der Waals surface area contributed by atoms with Crippen LogP contribution in [-0.2, 0) is 32.7 Å². The van der Waals surface area contributed by atoms with Gasteiger partial charge < -0.3 is 28.2 Å². The molecule has 1 rings (SSSR count). The van der Waals surface area contributed by atoms with E-state index in [0.717, 1.165) is 0 Å². The molecule has 152 valence electrons. The van der Waals surface area contributed by atoms with Crippen LogP contribution in [0.1, 0.15) is 13.8 Å². The van der Waals surface area contributed by atoms with Crippen LogP contribution in [0, 0.1) is 0 Å². The lowest BCUT2D eigenvalue weighted by Crippen LogP contribution is -2.64. The van der Waals surface area contributed by atoms with Crippen molar-refractivity contribution in [3.8, 4) is 0 Å². The van der Waals surface area contributed by atoms with Gasteiger partial charge in [0.05, 0.1) is 0 Å². The van der Waals surface area contributed by atoms with E-state index in [1.165, 1.54) is 13.8 Å². The molecule has 1 fully saturated rings. The molecular formula is C16H32O8Si2. The maximum atomic E-state index is 11.5. The lowest BCUT2D eigenvalue weighted by atomic mass is 9.99. The van der Waals surface area contributed by atoms with Crippen LogP contribution in [0.5, 0.6) is 0 Å². The lowest BCUT2D eigenvalue weighted by molar-refractivity contribution is -0.285. The SMILES string of the molecule is CC(=O)OC[C@H]1OC(O)[C@H](OC(C)=O)[C@@H](O[Si](C)(C)C)[C@H]1O[Si](C)(C)C. The van der Waals surface area contributed by atoms with Crippen molar-refractivity contribution in [2.45, 2.75) is 83.8 Å². The van der Waals surface area contributed by atoms with Crippen molar-refractivity contribution in [2.24, 2.45) is 0 Å². The summed E-state index contributed by atoms with van der Waals surface area (Å²) in [6, 6.07) is 0. The zero-order valence-electron chi connectivity index (χ0n) is 16.9. The Labute approximate surface area is 157 Å². The van der Waals surface area contributed by atoms with Gasteiger partial charge in [-0.15, -0.1) is 0 Å². The van der Waals surface area contributed by atoms with Gasteiger partial charge in [-0.3, -0.25) is 9.59 Å². The zero-order valence-corrected chi connectivity index (χ0v) is 18.9. The molecule has 8 nitrogen and oxygen atoms in total. The highest BCUT2D eigenvalue weighted by atomic mass is 28.4. The third kappa shape index (κ3) is 7.84. The summed E-state index contributed by atoms with van der Waals surface area (Å²) in [4.78, 5) is 22.7. The molecule has 1 aliphatic rings. The minimum absolute atomic E-state index is 0.0834. The number of aliphatic hydroxyl groups is 1. The van der Waals surface area contributed by atoms with Crippen molar-refractivity contribution in [3.05, 3.63) is 0 Å². The zero-order chi connectivity index (χ0) is 20.3. The van der Waals surface area contributed by atoms with E-state index < -0.39 is 59.3 Å². The number of rotatable bonds is 7. The summed E-state index contributed by atoms with van der Waals surface area (Å²) in [7, 11) is -4.15. The predicted octanol–water partition coefficient (Wildman–Crippen LogP) is 1.64. The second-order valence-corrected chi connectivity index (χ2v) is 17.3. The Balaban J connectivity index is 3.22. The molecule has 26 heavy (non-hydrogen) atoms. The van der Waals surface area contributed by atoms with E-state index >= 15 is 0 Å². The van der Waals surface area contributed by atoms with E-state index in [4.69, 9.17) is 23.1 Å². The molecule has 0 saturated carbocycles. The third-order valence-corrected chi connectivity index (χ3v) is 5.30. The van der Waals surface area contributed by atoms with Gasteiger partial charge in [0.15, 0.2) is 29.0 Å². The fraction of sp³-hybridized carbons (Fsp3) is 0.875. The van der Waals surface area contributed by atoms with Crippen LogP contribution in [0.15, 0.2) is 0 Å². The molecule has 1 heterocycles. The molecule has 0 aromatic rings. The summed E-state index contributed by atoms with van der Waals surface area (Å²) in [6.07, 6.45) is -4.51. The summed E-state index contributed by atoms with van der Waals surface area (Å²) >= 11 is 0. The summed E-state index contributed by atoms with van der Waals surface area (Å²) in [5.41, 5.74) is 0. The number of hydrogen-bond donors (Lipinski definition) is 1. The maximum absolute atomic E-state index is 11.5. The van der Waals surface area contributed by atoms with E-state index in [1.54, 1.807) is 0 Å². The molecule has 0 aromatic heterocycles. The molecular weight excluding hydrogens is 376 g/mol. The largest absolute Gasteiger partial charge is 0.463 e. The number of ether oxygens (including phenoxy) is 3. The van der Waals surface area contributed by atoms with E-state index in [1.807, 2.05) is 39.3 Å². The van der Waals surface area contributed by atoms with Gasteiger partial charge in [-0.25, -0.2) is 0 Å². The average Bonchev–Trinajstić information content (AvgIpc) is 2.40. The highest BCUT2D eigenvalue weighted by Crippen LogP contribution is 2.31. The molecule has 5 atom stereocenters. The first-order chi connectivity index (χ1) is 11.7. The van der Waals surface area contributed by atoms with Crippen molar-refractivity contribution >= 4 is 28.6 Å². The fourth-order valence-corrected chi connectivity index (χ4v) is 4.83. The van der Waals surface area contributed by atoms with Crippen LogP contribution >= 0.6 is 0 Å². The molecule has 0 spiro atoms. The fourth-order valence-electron chi connectivity index (χ4n) is 2.64. The van der Waals surface area contributed by atoms with Gasteiger partial charge in [0, 0.05) is 13.8 Å². The van der Waals surface area contributed by atoms with Gasteiger partial charge in [-0.1, -0.05) is 0 Å². The van der Waals surface area contributed by atoms with Crippen molar-refractivity contribution < 1.29 is 37.8 Å². The summed E-state index contributed by atoms with van der Waals surface area (Å²) < 4.78 is 28.5. The Morgan fingerprint density at radius 3 is 1.81 bits per heavy atom. The highest BCUT2D eigenvalue weighted by Gasteiger charge is 2.51. The van der Waals surface area contributed by atoms with Gasteiger partial charge in [-0.2, -0.15) is 0 Å². The molecule has 1 unspecified atom stereocenters. The Morgan fingerprint density at radius 1 is 0.885 bits per heavy atom. The number of carbonyl (C=O) groups is 2. The van der Waals surface area contributed by atoms with Crippen LogP contribution in [0.3, 0.4) is 0 Å². The van der Waals surface area contributed by atoms with Crippen molar-refractivity contribution in [1.29, 1.82) is 0 Å². The summed E-state index contributed by atoms with van der Waals surface area (Å²) in [5, 5.41) is 10.4. The number of carbonyl (C=O) groups excluding carboxylic acids is 2. The highest BCUT2D eigenvalue weighted by molar-refractivity contribution is 6.70. The minimum Gasteiger partial charge on any atom is -0.463 e. The van der Waals surface area contributed by atoms with Crippen LogP contribution in [0.25, 0.3) is 0 Å². The molecule has 1 saturated heterocycles. The van der Waals surface area contributed by atoms with Crippen molar-refractivity contribution in [3.63, 3.8) is 0 Å². The molecule has 1 aliphatic heterocycles. The number of hydrogen-bond acceptors (Lipinski definition) is 8. The first-order valence-electron chi connectivity index (χ1n) is 8.69. The Morgan fingerprint density at radius 2 is 1.38 bits per heavy atom. The van der Waals surface area contributed by atoms with Gasteiger partial charge in [0.25, 0.3) is 0 Å². The minimum atomic E-state index is -2.09. The second kappa shape index (κ2) is 8.94. The topological polar surface area (TPSA) is 101 Å². The first-order valence-corrected chi connectivity index (χ1v) is 15.5. The number of aliphatic hydroxyl groups excluding tert-OH is 1.